The Morgan fingerprint density at radius 2 is 2.23 bits per heavy atom. The molecule has 0 saturated heterocycles. The Bertz CT molecular complexity index is 276. The molecule has 72 valence electrons. The minimum atomic E-state index is -0.320. The molecule has 1 aromatic rings. The minimum absolute atomic E-state index is 0.300. The molecular formula is C10H14FNO. The zero-order valence-corrected chi connectivity index (χ0v) is 7.72. The van der Waals surface area contributed by atoms with Crippen molar-refractivity contribution in [2.75, 3.05) is 13.7 Å². The van der Waals surface area contributed by atoms with Gasteiger partial charge in [0, 0.05) is 0 Å². The van der Waals surface area contributed by atoms with Crippen LogP contribution in [0.3, 0.4) is 0 Å². The standard InChI is InChI=1S/C10H14FNO/c1-13-10-7-8(3-2-6-12)4-5-9(10)11/h4-5,7H,2-3,6,12H2,1H3. The summed E-state index contributed by atoms with van der Waals surface area (Å²) in [6.07, 6.45) is 1.78. The van der Waals surface area contributed by atoms with Gasteiger partial charge in [-0.25, -0.2) is 4.39 Å². The molecule has 2 nitrogen and oxygen atoms in total. The van der Waals surface area contributed by atoms with Crippen molar-refractivity contribution in [3.05, 3.63) is 29.6 Å². The molecule has 1 rings (SSSR count). The fourth-order valence-electron chi connectivity index (χ4n) is 1.17. The first-order valence-electron chi connectivity index (χ1n) is 4.30. The van der Waals surface area contributed by atoms with E-state index in [1.54, 1.807) is 12.1 Å². The SMILES string of the molecule is COc1cc(CCCN)ccc1F. The lowest BCUT2D eigenvalue weighted by Gasteiger charge is -2.04. The summed E-state index contributed by atoms with van der Waals surface area (Å²) in [5.41, 5.74) is 6.43. The summed E-state index contributed by atoms with van der Waals surface area (Å²) in [4.78, 5) is 0. The van der Waals surface area contributed by atoms with E-state index in [4.69, 9.17) is 10.5 Å². The fraction of sp³-hybridized carbons (Fsp3) is 0.400. The predicted molar refractivity (Wildman–Crippen MR) is 50.3 cm³/mol. The number of rotatable bonds is 4. The van der Waals surface area contributed by atoms with Crippen LogP contribution in [0, 0.1) is 5.82 Å². The highest BCUT2D eigenvalue weighted by Gasteiger charge is 2.02. The van der Waals surface area contributed by atoms with Crippen molar-refractivity contribution in [1.29, 1.82) is 0 Å². The van der Waals surface area contributed by atoms with Crippen molar-refractivity contribution in [2.24, 2.45) is 5.73 Å². The second kappa shape index (κ2) is 4.82. The van der Waals surface area contributed by atoms with Crippen LogP contribution in [0.1, 0.15) is 12.0 Å². The van der Waals surface area contributed by atoms with E-state index in [1.165, 1.54) is 13.2 Å². The van der Waals surface area contributed by atoms with Crippen molar-refractivity contribution in [3.63, 3.8) is 0 Å². The number of aryl methyl sites for hydroxylation is 1. The van der Waals surface area contributed by atoms with E-state index in [0.29, 0.717) is 12.3 Å². The lowest BCUT2D eigenvalue weighted by Crippen LogP contribution is -2.00. The van der Waals surface area contributed by atoms with Crippen LogP contribution in [-0.4, -0.2) is 13.7 Å². The summed E-state index contributed by atoms with van der Waals surface area (Å²) in [6, 6.07) is 4.89. The van der Waals surface area contributed by atoms with E-state index in [1.807, 2.05) is 0 Å². The van der Waals surface area contributed by atoms with Gasteiger partial charge in [-0.3, -0.25) is 0 Å². The molecule has 3 heteroatoms. The van der Waals surface area contributed by atoms with Gasteiger partial charge in [-0.2, -0.15) is 0 Å². The molecule has 0 fully saturated rings. The Morgan fingerprint density at radius 1 is 1.46 bits per heavy atom. The highest BCUT2D eigenvalue weighted by Crippen LogP contribution is 2.18. The van der Waals surface area contributed by atoms with Gasteiger partial charge >= 0.3 is 0 Å². The molecular weight excluding hydrogens is 169 g/mol. The summed E-state index contributed by atoms with van der Waals surface area (Å²) in [6.45, 7) is 0.652. The molecule has 0 spiro atoms. The zero-order valence-electron chi connectivity index (χ0n) is 7.72. The molecule has 13 heavy (non-hydrogen) atoms. The van der Waals surface area contributed by atoms with Crippen LogP contribution in [-0.2, 0) is 6.42 Å². The van der Waals surface area contributed by atoms with Gasteiger partial charge in [0.1, 0.15) is 0 Å². The first kappa shape index (κ1) is 9.99. The smallest absolute Gasteiger partial charge is 0.165 e. The van der Waals surface area contributed by atoms with E-state index in [0.717, 1.165) is 18.4 Å². The summed E-state index contributed by atoms with van der Waals surface area (Å²) in [5.74, 6) is -0.0199. The highest BCUT2D eigenvalue weighted by molar-refractivity contribution is 5.30. The molecule has 2 N–H and O–H groups in total. The maximum atomic E-state index is 12.9. The van der Waals surface area contributed by atoms with E-state index >= 15 is 0 Å². The lowest BCUT2D eigenvalue weighted by atomic mass is 10.1. The fourth-order valence-corrected chi connectivity index (χ4v) is 1.17. The van der Waals surface area contributed by atoms with Gasteiger partial charge < -0.3 is 10.5 Å². The molecule has 0 atom stereocenters. The predicted octanol–water partition coefficient (Wildman–Crippen LogP) is 1.73. The molecule has 0 bridgehead atoms. The number of methoxy groups -OCH3 is 1. The third kappa shape index (κ3) is 2.70. The Labute approximate surface area is 77.5 Å². The summed E-state index contributed by atoms with van der Waals surface area (Å²) in [7, 11) is 1.46. The average molecular weight is 183 g/mol. The topological polar surface area (TPSA) is 35.2 Å². The maximum Gasteiger partial charge on any atom is 0.165 e. The Hall–Kier alpha value is -1.09. The van der Waals surface area contributed by atoms with Crippen molar-refractivity contribution in [2.45, 2.75) is 12.8 Å². The largest absolute Gasteiger partial charge is 0.494 e. The number of hydrogen-bond donors (Lipinski definition) is 1. The maximum absolute atomic E-state index is 12.9. The second-order valence-electron chi connectivity index (χ2n) is 2.86. The van der Waals surface area contributed by atoms with Gasteiger partial charge in [-0.1, -0.05) is 6.07 Å². The molecule has 0 radical (unpaired) electrons. The van der Waals surface area contributed by atoms with E-state index < -0.39 is 0 Å². The highest BCUT2D eigenvalue weighted by atomic mass is 19.1. The van der Waals surface area contributed by atoms with Crippen LogP contribution in [0.15, 0.2) is 18.2 Å². The molecule has 0 aromatic heterocycles. The molecule has 0 aliphatic rings. The van der Waals surface area contributed by atoms with Crippen LogP contribution in [0.4, 0.5) is 4.39 Å². The van der Waals surface area contributed by atoms with E-state index in [2.05, 4.69) is 0 Å². The van der Waals surface area contributed by atoms with Crippen LogP contribution in [0.25, 0.3) is 0 Å². The molecule has 0 aliphatic carbocycles. The summed E-state index contributed by atoms with van der Waals surface area (Å²) >= 11 is 0. The molecule has 0 saturated carbocycles. The lowest BCUT2D eigenvalue weighted by molar-refractivity contribution is 0.386. The number of hydrogen-bond acceptors (Lipinski definition) is 2. The molecule has 0 amide bonds. The molecule has 0 heterocycles. The van der Waals surface area contributed by atoms with Gasteiger partial charge in [0.15, 0.2) is 11.6 Å². The monoisotopic (exact) mass is 183 g/mol. The number of benzene rings is 1. The van der Waals surface area contributed by atoms with Gasteiger partial charge in [0.05, 0.1) is 7.11 Å². The number of ether oxygens (including phenoxy) is 1. The van der Waals surface area contributed by atoms with Crippen LogP contribution in [0.2, 0.25) is 0 Å². The van der Waals surface area contributed by atoms with Crippen molar-refractivity contribution in [1.82, 2.24) is 0 Å². The first-order chi connectivity index (χ1) is 6.27. The minimum Gasteiger partial charge on any atom is -0.494 e. The number of nitrogens with two attached hydrogens (primary N) is 1. The second-order valence-corrected chi connectivity index (χ2v) is 2.86. The van der Waals surface area contributed by atoms with Crippen LogP contribution in [0.5, 0.6) is 5.75 Å². The van der Waals surface area contributed by atoms with Gasteiger partial charge in [-0.15, -0.1) is 0 Å². The van der Waals surface area contributed by atoms with Gasteiger partial charge in [-0.05, 0) is 37.1 Å². The zero-order chi connectivity index (χ0) is 9.68. The van der Waals surface area contributed by atoms with Crippen LogP contribution >= 0.6 is 0 Å². The van der Waals surface area contributed by atoms with Gasteiger partial charge in [0.2, 0.25) is 0 Å². The first-order valence-corrected chi connectivity index (χ1v) is 4.30. The van der Waals surface area contributed by atoms with Gasteiger partial charge in [0.25, 0.3) is 0 Å². The Morgan fingerprint density at radius 3 is 2.85 bits per heavy atom. The van der Waals surface area contributed by atoms with E-state index in [-0.39, 0.29) is 5.82 Å². The molecule has 1 aromatic carbocycles. The average Bonchev–Trinajstić information content (AvgIpc) is 2.16. The normalized spacial score (nSPS) is 10.1. The third-order valence-electron chi connectivity index (χ3n) is 1.89. The quantitative estimate of drug-likeness (QED) is 0.771. The molecule has 0 aliphatic heterocycles. The van der Waals surface area contributed by atoms with Crippen LogP contribution < -0.4 is 10.5 Å². The Kier molecular flexibility index (Phi) is 3.71. The molecule has 0 unspecified atom stereocenters. The third-order valence-corrected chi connectivity index (χ3v) is 1.89. The number of halogens is 1. The summed E-state index contributed by atoms with van der Waals surface area (Å²) < 4.78 is 17.8. The van der Waals surface area contributed by atoms with E-state index in [9.17, 15) is 4.39 Å². The summed E-state index contributed by atoms with van der Waals surface area (Å²) in [5, 5.41) is 0. The van der Waals surface area contributed by atoms with Crippen molar-refractivity contribution >= 4 is 0 Å². The van der Waals surface area contributed by atoms with Crippen molar-refractivity contribution < 1.29 is 9.13 Å². The van der Waals surface area contributed by atoms with Crippen molar-refractivity contribution in [3.8, 4) is 5.75 Å². The Balaban J connectivity index is 2.74.